The van der Waals surface area contributed by atoms with E-state index < -0.39 is 6.10 Å². The van der Waals surface area contributed by atoms with Crippen LogP contribution in [0.4, 0.5) is 0 Å². The third-order valence-corrected chi connectivity index (χ3v) is 4.51. The Kier molecular flexibility index (Phi) is 9.15. The molecule has 1 aromatic carbocycles. The van der Waals surface area contributed by atoms with Crippen molar-refractivity contribution in [2.24, 2.45) is 0 Å². The topological polar surface area (TPSA) is 45.2 Å². The van der Waals surface area contributed by atoms with Crippen LogP contribution in [-0.2, 0) is 16.0 Å². The summed E-state index contributed by atoms with van der Waals surface area (Å²) in [5.74, 6) is 0. The minimum atomic E-state index is -0.492. The first-order valence-electron chi connectivity index (χ1n) is 9.12. The van der Waals surface area contributed by atoms with Gasteiger partial charge in [-0.05, 0) is 18.1 Å². The zero-order valence-electron chi connectivity index (χ0n) is 15.4. The van der Waals surface area contributed by atoms with Crippen LogP contribution in [0.5, 0.6) is 0 Å². The highest BCUT2D eigenvalue weighted by atomic mass is 16.5. The van der Waals surface area contributed by atoms with Crippen molar-refractivity contribution in [1.82, 2.24) is 9.80 Å². The minimum absolute atomic E-state index is 0.341. The van der Waals surface area contributed by atoms with Crippen molar-refractivity contribution in [1.29, 1.82) is 0 Å². The van der Waals surface area contributed by atoms with Gasteiger partial charge in [-0.2, -0.15) is 0 Å². The molecule has 1 aliphatic heterocycles. The summed E-state index contributed by atoms with van der Waals surface area (Å²) in [5, 5.41) is 10.3. The molecule has 5 nitrogen and oxygen atoms in total. The van der Waals surface area contributed by atoms with E-state index in [1.54, 1.807) is 6.08 Å². The van der Waals surface area contributed by atoms with Gasteiger partial charge in [0, 0.05) is 39.3 Å². The van der Waals surface area contributed by atoms with Gasteiger partial charge >= 0.3 is 0 Å². The van der Waals surface area contributed by atoms with E-state index >= 15 is 0 Å². The van der Waals surface area contributed by atoms with Crippen LogP contribution < -0.4 is 0 Å². The van der Waals surface area contributed by atoms with Crippen LogP contribution in [-0.4, -0.2) is 80.2 Å². The summed E-state index contributed by atoms with van der Waals surface area (Å²) < 4.78 is 10.8. The first kappa shape index (κ1) is 20.1. The SMILES string of the molecule is C=CCOC[C@@H](O)CN(CCN1CCOCC1)Cc1ccccc1C. The predicted molar refractivity (Wildman–Crippen MR) is 101 cm³/mol. The fourth-order valence-electron chi connectivity index (χ4n) is 3.01. The third kappa shape index (κ3) is 7.67. The first-order chi connectivity index (χ1) is 12.2. The molecule has 25 heavy (non-hydrogen) atoms. The van der Waals surface area contributed by atoms with Crippen molar-refractivity contribution in [3.63, 3.8) is 0 Å². The molecule has 0 aromatic heterocycles. The van der Waals surface area contributed by atoms with E-state index in [4.69, 9.17) is 9.47 Å². The number of nitrogens with zero attached hydrogens (tertiary/aromatic N) is 2. The van der Waals surface area contributed by atoms with Gasteiger partial charge in [-0.15, -0.1) is 6.58 Å². The van der Waals surface area contributed by atoms with Crippen LogP contribution in [0.2, 0.25) is 0 Å². The molecule has 1 fully saturated rings. The second-order valence-electron chi connectivity index (χ2n) is 6.60. The van der Waals surface area contributed by atoms with Gasteiger partial charge in [0.25, 0.3) is 0 Å². The Bertz CT molecular complexity index is 503. The van der Waals surface area contributed by atoms with E-state index in [9.17, 15) is 5.11 Å². The van der Waals surface area contributed by atoms with Gasteiger partial charge in [0.2, 0.25) is 0 Å². The fraction of sp³-hybridized carbons (Fsp3) is 0.600. The lowest BCUT2D eigenvalue weighted by atomic mass is 10.1. The second-order valence-corrected chi connectivity index (χ2v) is 6.60. The molecule has 0 bridgehead atoms. The molecule has 1 heterocycles. The van der Waals surface area contributed by atoms with Gasteiger partial charge in [-0.3, -0.25) is 9.80 Å². The summed E-state index contributed by atoms with van der Waals surface area (Å²) in [4.78, 5) is 4.74. The average Bonchev–Trinajstić information content (AvgIpc) is 2.62. The lowest BCUT2D eigenvalue weighted by Crippen LogP contribution is -2.43. The van der Waals surface area contributed by atoms with Gasteiger partial charge in [-0.1, -0.05) is 30.3 Å². The van der Waals surface area contributed by atoms with E-state index in [0.717, 1.165) is 45.9 Å². The summed E-state index contributed by atoms with van der Waals surface area (Å²) in [6, 6.07) is 8.44. The second kappa shape index (κ2) is 11.4. The smallest absolute Gasteiger partial charge is 0.0900 e. The zero-order valence-corrected chi connectivity index (χ0v) is 15.4. The third-order valence-electron chi connectivity index (χ3n) is 4.51. The molecule has 1 N–H and O–H groups in total. The Balaban J connectivity index is 1.89. The van der Waals surface area contributed by atoms with Crippen molar-refractivity contribution in [3.8, 4) is 0 Å². The van der Waals surface area contributed by atoms with Gasteiger partial charge in [0.05, 0.1) is 32.5 Å². The van der Waals surface area contributed by atoms with E-state index in [2.05, 4.69) is 47.6 Å². The Morgan fingerprint density at radius 3 is 2.84 bits per heavy atom. The summed E-state index contributed by atoms with van der Waals surface area (Å²) in [7, 11) is 0. The molecule has 0 radical (unpaired) electrons. The quantitative estimate of drug-likeness (QED) is 0.487. The monoisotopic (exact) mass is 348 g/mol. The maximum absolute atomic E-state index is 10.3. The molecule has 1 atom stereocenters. The minimum Gasteiger partial charge on any atom is -0.389 e. The lowest BCUT2D eigenvalue weighted by molar-refractivity contribution is 0.0128. The zero-order chi connectivity index (χ0) is 17.9. The van der Waals surface area contributed by atoms with Crippen molar-refractivity contribution in [2.75, 3.05) is 59.2 Å². The summed E-state index contributed by atoms with van der Waals surface area (Å²) >= 11 is 0. The highest BCUT2D eigenvalue weighted by Crippen LogP contribution is 2.11. The molecule has 0 unspecified atom stereocenters. The Labute approximate surface area is 151 Å². The molecule has 0 saturated carbocycles. The summed E-state index contributed by atoms with van der Waals surface area (Å²) in [5.41, 5.74) is 2.60. The van der Waals surface area contributed by atoms with Gasteiger partial charge in [0.15, 0.2) is 0 Å². The van der Waals surface area contributed by atoms with Crippen LogP contribution in [0, 0.1) is 6.92 Å². The lowest BCUT2D eigenvalue weighted by Gasteiger charge is -2.31. The fourth-order valence-corrected chi connectivity index (χ4v) is 3.01. The number of benzene rings is 1. The number of morpholine rings is 1. The van der Waals surface area contributed by atoms with E-state index in [0.29, 0.717) is 19.8 Å². The number of aliphatic hydroxyl groups excluding tert-OH is 1. The van der Waals surface area contributed by atoms with Crippen LogP contribution in [0.1, 0.15) is 11.1 Å². The molecule has 1 saturated heterocycles. The molecule has 1 aromatic rings. The van der Waals surface area contributed by atoms with E-state index in [-0.39, 0.29) is 0 Å². The van der Waals surface area contributed by atoms with E-state index in [1.165, 1.54) is 11.1 Å². The number of hydrogen-bond acceptors (Lipinski definition) is 5. The number of aliphatic hydroxyl groups is 1. The van der Waals surface area contributed by atoms with Crippen LogP contribution in [0.3, 0.4) is 0 Å². The molecule has 0 spiro atoms. The van der Waals surface area contributed by atoms with Gasteiger partial charge in [-0.25, -0.2) is 0 Å². The van der Waals surface area contributed by atoms with E-state index in [1.807, 2.05) is 0 Å². The highest BCUT2D eigenvalue weighted by molar-refractivity contribution is 5.25. The van der Waals surface area contributed by atoms with Crippen molar-refractivity contribution in [2.45, 2.75) is 19.6 Å². The molecule has 5 heteroatoms. The van der Waals surface area contributed by atoms with Crippen molar-refractivity contribution < 1.29 is 14.6 Å². The molecule has 0 amide bonds. The molecule has 1 aliphatic rings. The van der Waals surface area contributed by atoms with Gasteiger partial charge in [0.1, 0.15) is 0 Å². The summed E-state index contributed by atoms with van der Waals surface area (Å²) in [6.45, 7) is 13.6. The molecule has 140 valence electrons. The first-order valence-corrected chi connectivity index (χ1v) is 9.12. The Morgan fingerprint density at radius 2 is 2.12 bits per heavy atom. The number of hydrogen-bond donors (Lipinski definition) is 1. The van der Waals surface area contributed by atoms with Crippen molar-refractivity contribution in [3.05, 3.63) is 48.0 Å². The average molecular weight is 348 g/mol. The largest absolute Gasteiger partial charge is 0.389 e. The van der Waals surface area contributed by atoms with Crippen molar-refractivity contribution >= 4 is 0 Å². The Morgan fingerprint density at radius 1 is 1.36 bits per heavy atom. The van der Waals surface area contributed by atoms with Crippen LogP contribution in [0.15, 0.2) is 36.9 Å². The molecule has 0 aliphatic carbocycles. The number of ether oxygens (including phenoxy) is 2. The maximum atomic E-state index is 10.3. The number of aryl methyl sites for hydroxylation is 1. The van der Waals surface area contributed by atoms with Crippen LogP contribution in [0.25, 0.3) is 0 Å². The summed E-state index contributed by atoms with van der Waals surface area (Å²) in [6.07, 6.45) is 1.21. The van der Waals surface area contributed by atoms with Crippen LogP contribution >= 0.6 is 0 Å². The standard InChI is InChI=1S/C20H32N2O3/c1-3-12-25-17-20(23)16-22(9-8-21-10-13-24-14-11-21)15-19-7-5-4-6-18(19)2/h3-7,20,23H,1,8-17H2,2H3/t20-/m0/s1. The Hall–Kier alpha value is -1.24. The molecule has 2 rings (SSSR count). The predicted octanol–water partition coefficient (Wildman–Crippen LogP) is 1.69. The number of rotatable bonds is 11. The van der Waals surface area contributed by atoms with Gasteiger partial charge < -0.3 is 14.6 Å². The normalized spacial score (nSPS) is 16.9. The molecular weight excluding hydrogens is 316 g/mol. The molecular formula is C20H32N2O3. The maximum Gasteiger partial charge on any atom is 0.0900 e. The highest BCUT2D eigenvalue weighted by Gasteiger charge is 2.16.